The normalized spacial score (nSPS) is 15.9. The smallest absolute Gasteiger partial charge is 0.275 e. The molecule has 0 unspecified atom stereocenters. The van der Waals surface area contributed by atoms with Crippen LogP contribution < -0.4 is 5.32 Å². The third-order valence-electron chi connectivity index (χ3n) is 4.28. The van der Waals surface area contributed by atoms with E-state index in [0.717, 1.165) is 26.3 Å². The number of nitro benzene ring substituents is 1. The van der Waals surface area contributed by atoms with Crippen molar-refractivity contribution < 1.29 is 9.66 Å². The Morgan fingerprint density at radius 3 is 2.65 bits per heavy atom. The Balaban J connectivity index is 2.18. The summed E-state index contributed by atoms with van der Waals surface area (Å²) in [5.74, 6) is 0. The van der Waals surface area contributed by atoms with Gasteiger partial charge < -0.3 is 10.1 Å². The molecular formula is C16H22N4O3. The molecule has 0 atom stereocenters. The summed E-state index contributed by atoms with van der Waals surface area (Å²) in [6.07, 6.45) is 0. The number of hydrogen-bond donors (Lipinski definition) is 1. The maximum Gasteiger partial charge on any atom is 0.275 e. The molecule has 1 aromatic rings. The Morgan fingerprint density at radius 2 is 2.09 bits per heavy atom. The van der Waals surface area contributed by atoms with Crippen LogP contribution in [0.15, 0.2) is 12.1 Å². The van der Waals surface area contributed by atoms with Gasteiger partial charge in [0.2, 0.25) is 0 Å². The second-order valence-corrected chi connectivity index (χ2v) is 6.30. The summed E-state index contributed by atoms with van der Waals surface area (Å²) in [6.45, 7) is 9.75. The summed E-state index contributed by atoms with van der Waals surface area (Å²) in [6, 6.07) is 4.96. The molecule has 0 bridgehead atoms. The van der Waals surface area contributed by atoms with Gasteiger partial charge in [-0.1, -0.05) is 0 Å². The van der Waals surface area contributed by atoms with Crippen molar-refractivity contribution in [2.45, 2.75) is 26.3 Å². The molecular weight excluding hydrogens is 296 g/mol. The van der Waals surface area contributed by atoms with Crippen LogP contribution in [0.5, 0.6) is 0 Å². The van der Waals surface area contributed by atoms with Crippen LogP contribution >= 0.6 is 0 Å². The van der Waals surface area contributed by atoms with Crippen molar-refractivity contribution in [3.8, 4) is 6.07 Å². The number of nitrogens with one attached hydrogen (secondary N) is 1. The first-order valence-electron chi connectivity index (χ1n) is 7.61. The first kappa shape index (κ1) is 17.2. The van der Waals surface area contributed by atoms with Crippen LogP contribution in [-0.4, -0.2) is 48.2 Å². The van der Waals surface area contributed by atoms with E-state index in [4.69, 9.17) is 10.00 Å². The fraction of sp³-hybridized carbons (Fsp3) is 0.562. The summed E-state index contributed by atoms with van der Waals surface area (Å²) in [5.41, 5.74) is 1.32. The van der Waals surface area contributed by atoms with Crippen LogP contribution in [-0.2, 0) is 4.74 Å². The quantitative estimate of drug-likeness (QED) is 0.661. The monoisotopic (exact) mass is 318 g/mol. The van der Waals surface area contributed by atoms with Gasteiger partial charge >= 0.3 is 0 Å². The number of hydrogen-bond acceptors (Lipinski definition) is 6. The highest BCUT2D eigenvalue weighted by Crippen LogP contribution is 2.28. The molecule has 0 saturated carbocycles. The summed E-state index contributed by atoms with van der Waals surface area (Å²) >= 11 is 0. The Labute approximate surface area is 136 Å². The molecule has 0 spiro atoms. The summed E-state index contributed by atoms with van der Waals surface area (Å²) < 4.78 is 5.38. The molecule has 1 aliphatic heterocycles. The lowest BCUT2D eigenvalue weighted by molar-refractivity contribution is -0.385. The van der Waals surface area contributed by atoms with Gasteiger partial charge in [-0.15, -0.1) is 0 Å². The van der Waals surface area contributed by atoms with Gasteiger partial charge in [0.15, 0.2) is 0 Å². The Morgan fingerprint density at radius 1 is 1.43 bits per heavy atom. The first-order chi connectivity index (χ1) is 10.8. The lowest BCUT2D eigenvalue weighted by Gasteiger charge is -2.41. The number of ether oxygens (including phenoxy) is 1. The lowest BCUT2D eigenvalue weighted by atomic mass is 10.0. The van der Waals surface area contributed by atoms with Gasteiger partial charge in [-0.2, -0.15) is 5.26 Å². The fourth-order valence-corrected chi connectivity index (χ4v) is 2.73. The second-order valence-electron chi connectivity index (χ2n) is 6.30. The van der Waals surface area contributed by atoms with Crippen LogP contribution in [0.3, 0.4) is 0 Å². The van der Waals surface area contributed by atoms with E-state index < -0.39 is 4.92 Å². The molecule has 0 aliphatic carbocycles. The predicted octanol–water partition coefficient (Wildman–Crippen LogP) is 2.30. The van der Waals surface area contributed by atoms with Gasteiger partial charge in [-0.3, -0.25) is 15.0 Å². The SMILES string of the molecule is Cc1c(NCC(C)(C)N2CCOCC2)cc(C#N)cc1[N+](=O)[O-]. The van der Waals surface area contributed by atoms with Gasteiger partial charge in [-0.25, -0.2) is 0 Å². The number of rotatable bonds is 5. The molecule has 1 heterocycles. The molecule has 1 aromatic carbocycles. The average Bonchev–Trinajstić information content (AvgIpc) is 2.54. The van der Waals surface area contributed by atoms with Crippen LogP contribution in [0, 0.1) is 28.4 Å². The van der Waals surface area contributed by atoms with Gasteiger partial charge in [0.25, 0.3) is 5.69 Å². The number of nitro groups is 1. The zero-order valence-electron chi connectivity index (χ0n) is 13.8. The highest BCUT2D eigenvalue weighted by atomic mass is 16.6. The van der Waals surface area contributed by atoms with E-state index in [1.165, 1.54) is 6.07 Å². The van der Waals surface area contributed by atoms with Gasteiger partial charge in [0.1, 0.15) is 0 Å². The van der Waals surface area contributed by atoms with E-state index in [1.807, 2.05) is 6.07 Å². The molecule has 0 radical (unpaired) electrons. The average molecular weight is 318 g/mol. The molecule has 124 valence electrons. The molecule has 7 nitrogen and oxygen atoms in total. The molecule has 2 rings (SSSR count). The molecule has 1 fully saturated rings. The van der Waals surface area contributed by atoms with E-state index in [0.29, 0.717) is 17.8 Å². The highest BCUT2D eigenvalue weighted by Gasteiger charge is 2.28. The van der Waals surface area contributed by atoms with Gasteiger partial charge in [0, 0.05) is 42.5 Å². The number of anilines is 1. The molecule has 1 N–H and O–H groups in total. The van der Waals surface area contributed by atoms with Crippen molar-refractivity contribution in [2.75, 3.05) is 38.2 Å². The van der Waals surface area contributed by atoms with E-state index in [9.17, 15) is 10.1 Å². The zero-order chi connectivity index (χ0) is 17.0. The minimum atomic E-state index is -0.450. The van der Waals surface area contributed by atoms with Crippen molar-refractivity contribution >= 4 is 11.4 Å². The third-order valence-corrected chi connectivity index (χ3v) is 4.28. The Kier molecular flexibility index (Phi) is 5.19. The molecule has 23 heavy (non-hydrogen) atoms. The molecule has 0 aromatic heterocycles. The summed E-state index contributed by atoms with van der Waals surface area (Å²) in [7, 11) is 0. The predicted molar refractivity (Wildman–Crippen MR) is 87.5 cm³/mol. The van der Waals surface area contributed by atoms with Gasteiger partial charge in [0.05, 0.1) is 29.8 Å². The minimum Gasteiger partial charge on any atom is -0.383 e. The number of benzene rings is 1. The third kappa shape index (κ3) is 3.97. The standard InChI is InChI=1S/C16H22N4O3/c1-12-14(8-13(10-17)9-15(12)20(21)22)18-11-16(2,3)19-4-6-23-7-5-19/h8-9,18H,4-7,11H2,1-3H3. The first-order valence-corrected chi connectivity index (χ1v) is 7.61. The molecule has 0 amide bonds. The molecule has 1 saturated heterocycles. The van der Waals surface area contributed by atoms with Crippen molar-refractivity contribution in [1.82, 2.24) is 4.90 Å². The molecule has 1 aliphatic rings. The van der Waals surface area contributed by atoms with Crippen LogP contribution in [0.1, 0.15) is 25.0 Å². The summed E-state index contributed by atoms with van der Waals surface area (Å²) in [4.78, 5) is 13.0. The van der Waals surface area contributed by atoms with E-state index in [1.54, 1.807) is 13.0 Å². The number of nitrogens with zero attached hydrogens (tertiary/aromatic N) is 3. The second kappa shape index (κ2) is 6.94. The topological polar surface area (TPSA) is 91.4 Å². The van der Waals surface area contributed by atoms with Crippen molar-refractivity contribution in [3.05, 3.63) is 33.4 Å². The Hall–Kier alpha value is -2.17. The maximum atomic E-state index is 11.1. The number of morpholine rings is 1. The van der Waals surface area contributed by atoms with Crippen LogP contribution in [0.25, 0.3) is 0 Å². The van der Waals surface area contributed by atoms with Crippen molar-refractivity contribution in [1.29, 1.82) is 5.26 Å². The largest absolute Gasteiger partial charge is 0.383 e. The van der Waals surface area contributed by atoms with Crippen molar-refractivity contribution in [2.24, 2.45) is 0 Å². The molecule has 7 heteroatoms. The highest BCUT2D eigenvalue weighted by molar-refractivity contribution is 5.64. The Bertz CT molecular complexity index is 631. The fourth-order valence-electron chi connectivity index (χ4n) is 2.73. The minimum absolute atomic E-state index is 0.0317. The van der Waals surface area contributed by atoms with Crippen LogP contribution in [0.4, 0.5) is 11.4 Å². The number of nitriles is 1. The maximum absolute atomic E-state index is 11.1. The van der Waals surface area contributed by atoms with E-state index >= 15 is 0 Å². The summed E-state index contributed by atoms with van der Waals surface area (Å²) in [5, 5.41) is 23.5. The van der Waals surface area contributed by atoms with Gasteiger partial charge in [-0.05, 0) is 26.8 Å². The van der Waals surface area contributed by atoms with Crippen molar-refractivity contribution in [3.63, 3.8) is 0 Å². The van der Waals surface area contributed by atoms with E-state index in [-0.39, 0.29) is 16.8 Å². The lowest BCUT2D eigenvalue weighted by Crippen LogP contribution is -2.53. The van der Waals surface area contributed by atoms with E-state index in [2.05, 4.69) is 24.1 Å². The zero-order valence-corrected chi connectivity index (χ0v) is 13.8. The van der Waals surface area contributed by atoms with Crippen LogP contribution in [0.2, 0.25) is 0 Å².